The van der Waals surface area contributed by atoms with E-state index < -0.39 is 0 Å². The Morgan fingerprint density at radius 1 is 1.46 bits per heavy atom. The lowest BCUT2D eigenvalue weighted by Crippen LogP contribution is -2.51. The molecule has 1 saturated heterocycles. The number of hydrogen-bond acceptors (Lipinski definition) is 4. The molecule has 8 heteroatoms. The van der Waals surface area contributed by atoms with Gasteiger partial charge in [0.05, 0.1) is 7.11 Å². The molecule has 3 N–H and O–H groups in total. The first-order valence-corrected chi connectivity index (χ1v) is 8.68. The molecule has 0 radical (unpaired) electrons. The van der Waals surface area contributed by atoms with E-state index in [2.05, 4.69) is 15.6 Å². The number of likely N-dealkylation sites (tertiary alicyclic amines) is 1. The third-order valence-electron chi connectivity index (χ3n) is 4.26. The van der Waals surface area contributed by atoms with Crippen molar-refractivity contribution in [1.29, 1.82) is 0 Å². The lowest BCUT2D eigenvalue weighted by Gasteiger charge is -2.31. The van der Waals surface area contributed by atoms with Crippen LogP contribution in [0.25, 0.3) is 0 Å². The Morgan fingerprint density at radius 3 is 2.85 bits per heavy atom. The number of aromatic hydroxyl groups is 1. The second kappa shape index (κ2) is 11.1. The number of amides is 1. The van der Waals surface area contributed by atoms with Crippen LogP contribution < -0.4 is 15.4 Å². The SMILES string of the molecule is CCNC(=NCCc1ccc(OC)cc1O)NC1CCC(=O)N(C)C1.I. The Bertz CT molecular complexity index is 624. The maximum atomic E-state index is 11.6. The molecule has 0 bridgehead atoms. The lowest BCUT2D eigenvalue weighted by molar-refractivity contribution is -0.132. The Hall–Kier alpha value is -1.71. The topological polar surface area (TPSA) is 86.2 Å². The fourth-order valence-electron chi connectivity index (χ4n) is 2.81. The first-order chi connectivity index (χ1) is 12.0. The van der Waals surface area contributed by atoms with Gasteiger partial charge in [0.15, 0.2) is 5.96 Å². The molecule has 1 aliphatic heterocycles. The Kier molecular flexibility index (Phi) is 9.53. The number of ether oxygens (including phenoxy) is 1. The van der Waals surface area contributed by atoms with Gasteiger partial charge in [-0.1, -0.05) is 6.07 Å². The number of nitrogens with zero attached hydrogens (tertiary/aromatic N) is 2. The van der Waals surface area contributed by atoms with Crippen LogP contribution in [-0.2, 0) is 11.2 Å². The number of benzene rings is 1. The van der Waals surface area contributed by atoms with Gasteiger partial charge in [0, 0.05) is 45.2 Å². The fraction of sp³-hybridized carbons (Fsp3) is 0.556. The number of phenols is 1. The summed E-state index contributed by atoms with van der Waals surface area (Å²) in [4.78, 5) is 17.9. The van der Waals surface area contributed by atoms with Gasteiger partial charge in [-0.2, -0.15) is 0 Å². The zero-order valence-electron chi connectivity index (χ0n) is 15.6. The number of guanidine groups is 1. The second-order valence-corrected chi connectivity index (χ2v) is 6.16. The van der Waals surface area contributed by atoms with Gasteiger partial charge in [-0.05, 0) is 31.4 Å². The summed E-state index contributed by atoms with van der Waals surface area (Å²) >= 11 is 0. The number of methoxy groups -OCH3 is 1. The molecule has 26 heavy (non-hydrogen) atoms. The van der Waals surface area contributed by atoms with Gasteiger partial charge in [0.1, 0.15) is 11.5 Å². The molecule has 1 unspecified atom stereocenters. The molecular weight excluding hydrogens is 447 g/mol. The van der Waals surface area contributed by atoms with Crippen LogP contribution in [0.1, 0.15) is 25.3 Å². The number of likely N-dealkylation sites (N-methyl/N-ethyl adjacent to an activating group) is 1. The maximum Gasteiger partial charge on any atom is 0.222 e. The number of carbonyl (C=O) groups excluding carboxylic acids is 1. The zero-order chi connectivity index (χ0) is 18.2. The van der Waals surface area contributed by atoms with Crippen molar-refractivity contribution in [2.45, 2.75) is 32.2 Å². The second-order valence-electron chi connectivity index (χ2n) is 6.16. The van der Waals surface area contributed by atoms with Gasteiger partial charge in [0.2, 0.25) is 5.91 Å². The van der Waals surface area contributed by atoms with Crippen LogP contribution in [0.5, 0.6) is 11.5 Å². The van der Waals surface area contributed by atoms with Gasteiger partial charge in [-0.15, -0.1) is 24.0 Å². The molecule has 1 fully saturated rings. The molecule has 2 rings (SSSR count). The minimum absolute atomic E-state index is 0. The summed E-state index contributed by atoms with van der Waals surface area (Å²) in [7, 11) is 3.40. The van der Waals surface area contributed by atoms with Crippen LogP contribution in [0.3, 0.4) is 0 Å². The molecule has 1 amide bonds. The van der Waals surface area contributed by atoms with Crippen molar-refractivity contribution in [1.82, 2.24) is 15.5 Å². The molecular formula is C18H29IN4O3. The Balaban J connectivity index is 0.00000338. The fourth-order valence-corrected chi connectivity index (χ4v) is 2.81. The van der Waals surface area contributed by atoms with Crippen LogP contribution >= 0.6 is 24.0 Å². The summed E-state index contributed by atoms with van der Waals surface area (Å²) in [6.07, 6.45) is 2.01. The first-order valence-electron chi connectivity index (χ1n) is 8.68. The first kappa shape index (κ1) is 22.3. The largest absolute Gasteiger partial charge is 0.508 e. The Labute approximate surface area is 172 Å². The van der Waals surface area contributed by atoms with Gasteiger partial charge >= 0.3 is 0 Å². The van der Waals surface area contributed by atoms with E-state index in [1.807, 2.05) is 26.1 Å². The maximum absolute atomic E-state index is 11.6. The lowest BCUT2D eigenvalue weighted by atomic mass is 10.1. The average molecular weight is 476 g/mol. The molecule has 1 aromatic rings. The molecule has 0 aromatic heterocycles. The number of phenolic OH excluding ortho intramolecular Hbond substituents is 1. The molecule has 146 valence electrons. The number of aliphatic imine (C=N–C) groups is 1. The van der Waals surface area contributed by atoms with Crippen molar-refractivity contribution in [2.24, 2.45) is 4.99 Å². The van der Waals surface area contributed by atoms with Gasteiger partial charge < -0.3 is 25.4 Å². The summed E-state index contributed by atoms with van der Waals surface area (Å²) in [5.41, 5.74) is 0.836. The van der Waals surface area contributed by atoms with Crippen LogP contribution in [0, 0.1) is 0 Å². The third-order valence-corrected chi connectivity index (χ3v) is 4.26. The summed E-state index contributed by atoms with van der Waals surface area (Å²) in [5.74, 6) is 1.79. The molecule has 1 atom stereocenters. The molecule has 1 heterocycles. The van der Waals surface area contributed by atoms with E-state index in [1.165, 1.54) is 0 Å². The van der Waals surface area contributed by atoms with Crippen LogP contribution in [0.4, 0.5) is 0 Å². The van der Waals surface area contributed by atoms with Crippen LogP contribution in [0.2, 0.25) is 0 Å². The highest BCUT2D eigenvalue weighted by molar-refractivity contribution is 14.0. The molecule has 0 saturated carbocycles. The van der Waals surface area contributed by atoms with Crippen molar-refractivity contribution >= 4 is 35.8 Å². The number of nitrogens with one attached hydrogen (secondary N) is 2. The summed E-state index contributed by atoms with van der Waals surface area (Å²) in [6, 6.07) is 5.50. The molecule has 1 aromatic carbocycles. The highest BCUT2D eigenvalue weighted by atomic mass is 127. The standard InChI is InChI=1S/C18H28N4O3.HI/c1-4-19-18(21-14-6-8-17(24)22(2)12-14)20-10-9-13-5-7-15(25-3)11-16(13)23;/h5,7,11,14,23H,4,6,8-10,12H2,1-3H3,(H2,19,20,21);1H. The van der Waals surface area contributed by atoms with Crippen molar-refractivity contribution in [3.8, 4) is 11.5 Å². The number of rotatable bonds is 6. The summed E-state index contributed by atoms with van der Waals surface area (Å²) in [5, 5.41) is 16.6. The third kappa shape index (κ3) is 6.54. The minimum atomic E-state index is 0. The number of hydrogen-bond donors (Lipinski definition) is 3. The zero-order valence-corrected chi connectivity index (χ0v) is 17.9. The average Bonchev–Trinajstić information content (AvgIpc) is 2.59. The highest BCUT2D eigenvalue weighted by Crippen LogP contribution is 2.23. The monoisotopic (exact) mass is 476 g/mol. The number of piperidine rings is 1. The summed E-state index contributed by atoms with van der Waals surface area (Å²) < 4.78 is 5.09. The number of carbonyl (C=O) groups is 1. The minimum Gasteiger partial charge on any atom is -0.508 e. The molecule has 7 nitrogen and oxygen atoms in total. The number of halogens is 1. The van der Waals surface area contributed by atoms with E-state index in [0.29, 0.717) is 31.7 Å². The Morgan fingerprint density at radius 2 is 2.23 bits per heavy atom. The van der Waals surface area contributed by atoms with Crippen LogP contribution in [0.15, 0.2) is 23.2 Å². The van der Waals surface area contributed by atoms with Gasteiger partial charge in [-0.25, -0.2) is 0 Å². The van der Waals surface area contributed by atoms with Gasteiger partial charge in [0.25, 0.3) is 0 Å². The van der Waals surface area contributed by atoms with E-state index in [9.17, 15) is 9.90 Å². The summed E-state index contributed by atoms with van der Waals surface area (Å²) in [6.45, 7) is 4.02. The predicted molar refractivity (Wildman–Crippen MR) is 114 cm³/mol. The van der Waals surface area contributed by atoms with Crippen LogP contribution in [-0.4, -0.2) is 61.7 Å². The van der Waals surface area contributed by atoms with Crippen molar-refractivity contribution in [2.75, 3.05) is 33.8 Å². The smallest absolute Gasteiger partial charge is 0.222 e. The van der Waals surface area contributed by atoms with Crippen molar-refractivity contribution < 1.29 is 14.6 Å². The van der Waals surface area contributed by atoms with E-state index in [0.717, 1.165) is 24.5 Å². The molecule has 0 spiro atoms. The van der Waals surface area contributed by atoms with E-state index in [-0.39, 0.29) is 41.7 Å². The van der Waals surface area contributed by atoms with E-state index >= 15 is 0 Å². The van der Waals surface area contributed by atoms with Gasteiger partial charge in [-0.3, -0.25) is 9.79 Å². The quantitative estimate of drug-likeness (QED) is 0.331. The normalized spacial score (nSPS) is 17.5. The molecule has 0 aliphatic carbocycles. The predicted octanol–water partition coefficient (Wildman–Crippen LogP) is 1.74. The highest BCUT2D eigenvalue weighted by Gasteiger charge is 2.23. The van der Waals surface area contributed by atoms with E-state index in [4.69, 9.17) is 4.74 Å². The van der Waals surface area contributed by atoms with Crippen molar-refractivity contribution in [3.63, 3.8) is 0 Å². The van der Waals surface area contributed by atoms with E-state index in [1.54, 1.807) is 18.1 Å². The van der Waals surface area contributed by atoms with Crippen molar-refractivity contribution in [3.05, 3.63) is 23.8 Å². The molecule has 1 aliphatic rings.